The fraction of sp³-hybridized carbons (Fsp3) is 0.0909. The zero-order valence-electron chi connectivity index (χ0n) is 8.91. The van der Waals surface area contributed by atoms with Gasteiger partial charge in [-0.15, -0.1) is 0 Å². The first-order valence-electron chi connectivity index (χ1n) is 4.77. The van der Waals surface area contributed by atoms with Gasteiger partial charge in [0.05, 0.1) is 17.8 Å². The maximum Gasteiger partial charge on any atom is 0.356 e. The minimum atomic E-state index is -0.568. The molecule has 6 heteroatoms. The molecule has 1 heterocycles. The molecule has 2 N–H and O–H groups in total. The average molecular weight is 253 g/mol. The molecular weight excluding hydrogens is 244 g/mol. The standard InChI is InChI=1S/C11H9ClN2O3/c1-17-11(16)10-9(13-5-15)8-6(12)3-2-4-7(8)14-10/h2-5,14H,1H3,(H,13,15). The van der Waals surface area contributed by atoms with Crippen molar-refractivity contribution in [1.82, 2.24) is 4.98 Å². The molecule has 0 unspecified atom stereocenters. The summed E-state index contributed by atoms with van der Waals surface area (Å²) in [6.07, 6.45) is 0.485. The number of anilines is 1. The number of hydrogen-bond acceptors (Lipinski definition) is 3. The van der Waals surface area contributed by atoms with Crippen molar-refractivity contribution >= 4 is 40.6 Å². The van der Waals surface area contributed by atoms with Crippen molar-refractivity contribution in [3.05, 3.63) is 28.9 Å². The first-order chi connectivity index (χ1) is 8.19. The van der Waals surface area contributed by atoms with Crippen molar-refractivity contribution in [3.8, 4) is 0 Å². The number of aromatic nitrogens is 1. The first-order valence-corrected chi connectivity index (χ1v) is 5.15. The van der Waals surface area contributed by atoms with E-state index in [0.717, 1.165) is 0 Å². The number of rotatable bonds is 3. The summed E-state index contributed by atoms with van der Waals surface area (Å²) in [5, 5.41) is 3.49. The highest BCUT2D eigenvalue weighted by Crippen LogP contribution is 2.33. The molecule has 0 radical (unpaired) electrons. The number of methoxy groups -OCH3 is 1. The third-order valence-electron chi connectivity index (χ3n) is 2.37. The van der Waals surface area contributed by atoms with Gasteiger partial charge in [-0.05, 0) is 12.1 Å². The van der Waals surface area contributed by atoms with Crippen LogP contribution in [0.4, 0.5) is 5.69 Å². The lowest BCUT2D eigenvalue weighted by Crippen LogP contribution is -2.06. The zero-order chi connectivity index (χ0) is 12.4. The van der Waals surface area contributed by atoms with Crippen molar-refractivity contribution in [3.63, 3.8) is 0 Å². The highest BCUT2D eigenvalue weighted by atomic mass is 35.5. The van der Waals surface area contributed by atoms with Crippen LogP contribution in [-0.2, 0) is 9.53 Å². The normalized spacial score (nSPS) is 10.2. The monoisotopic (exact) mass is 252 g/mol. The largest absolute Gasteiger partial charge is 0.464 e. The van der Waals surface area contributed by atoms with Gasteiger partial charge in [-0.25, -0.2) is 4.79 Å². The number of nitrogens with one attached hydrogen (secondary N) is 2. The number of halogens is 1. The molecule has 1 aromatic carbocycles. The number of benzene rings is 1. The van der Waals surface area contributed by atoms with Crippen LogP contribution in [0, 0.1) is 0 Å². The lowest BCUT2D eigenvalue weighted by molar-refractivity contribution is -0.105. The van der Waals surface area contributed by atoms with Gasteiger partial charge in [0.25, 0.3) is 0 Å². The van der Waals surface area contributed by atoms with E-state index in [2.05, 4.69) is 15.0 Å². The average Bonchev–Trinajstić information content (AvgIpc) is 2.69. The molecule has 0 aliphatic carbocycles. The van der Waals surface area contributed by atoms with Gasteiger partial charge >= 0.3 is 5.97 Å². The maximum atomic E-state index is 11.5. The highest BCUT2D eigenvalue weighted by Gasteiger charge is 2.19. The number of hydrogen-bond donors (Lipinski definition) is 2. The van der Waals surface area contributed by atoms with E-state index in [0.29, 0.717) is 28.0 Å². The first kappa shape index (κ1) is 11.5. The fourth-order valence-corrected chi connectivity index (χ4v) is 1.93. The van der Waals surface area contributed by atoms with Gasteiger partial charge in [-0.2, -0.15) is 0 Å². The Balaban J connectivity index is 2.75. The van der Waals surface area contributed by atoms with Crippen LogP contribution in [0.5, 0.6) is 0 Å². The molecule has 0 fully saturated rings. The van der Waals surface area contributed by atoms with Crippen LogP contribution in [0.25, 0.3) is 10.9 Å². The topological polar surface area (TPSA) is 71.2 Å². The van der Waals surface area contributed by atoms with E-state index in [1.54, 1.807) is 18.2 Å². The minimum Gasteiger partial charge on any atom is -0.464 e. The molecule has 1 aromatic heterocycles. The summed E-state index contributed by atoms with van der Waals surface area (Å²) >= 11 is 6.03. The van der Waals surface area contributed by atoms with Gasteiger partial charge in [0.15, 0.2) is 0 Å². The zero-order valence-corrected chi connectivity index (χ0v) is 9.67. The summed E-state index contributed by atoms with van der Waals surface area (Å²) in [6.45, 7) is 0. The number of carbonyl (C=O) groups excluding carboxylic acids is 2. The second kappa shape index (κ2) is 4.47. The molecule has 2 aromatic rings. The minimum absolute atomic E-state index is 0.169. The van der Waals surface area contributed by atoms with Crippen molar-refractivity contribution in [2.75, 3.05) is 12.4 Å². The summed E-state index contributed by atoms with van der Waals surface area (Å²) < 4.78 is 4.62. The van der Waals surface area contributed by atoms with Gasteiger partial charge in [0, 0.05) is 10.9 Å². The molecule has 0 aliphatic rings. The quantitative estimate of drug-likeness (QED) is 0.650. The summed E-state index contributed by atoms with van der Waals surface area (Å²) in [4.78, 5) is 25.0. The fourth-order valence-electron chi connectivity index (χ4n) is 1.66. The Labute approximate surface area is 102 Å². The molecule has 0 saturated heterocycles. The van der Waals surface area contributed by atoms with Crippen molar-refractivity contribution in [1.29, 1.82) is 0 Å². The van der Waals surface area contributed by atoms with Crippen LogP contribution in [0.3, 0.4) is 0 Å². The second-order valence-electron chi connectivity index (χ2n) is 3.29. The van der Waals surface area contributed by atoms with Crippen LogP contribution in [0.1, 0.15) is 10.5 Å². The van der Waals surface area contributed by atoms with Crippen LogP contribution < -0.4 is 5.32 Å². The lowest BCUT2D eigenvalue weighted by atomic mass is 10.2. The number of esters is 1. The molecule has 1 amide bonds. The number of amides is 1. The molecular formula is C11H9ClN2O3. The summed E-state index contributed by atoms with van der Waals surface area (Å²) in [5.74, 6) is -0.568. The SMILES string of the molecule is COC(=O)c1[nH]c2cccc(Cl)c2c1NC=O. The maximum absolute atomic E-state index is 11.5. The molecule has 5 nitrogen and oxygen atoms in total. The number of fused-ring (bicyclic) bond motifs is 1. The van der Waals surface area contributed by atoms with Crippen molar-refractivity contribution in [2.24, 2.45) is 0 Å². The van der Waals surface area contributed by atoms with E-state index in [1.807, 2.05) is 0 Å². The number of ether oxygens (including phenoxy) is 1. The van der Waals surface area contributed by atoms with Crippen LogP contribution in [-0.4, -0.2) is 24.5 Å². The molecule has 0 atom stereocenters. The Morgan fingerprint density at radius 3 is 2.94 bits per heavy atom. The Kier molecular flexibility index (Phi) is 3.01. The molecule has 17 heavy (non-hydrogen) atoms. The molecule has 0 saturated carbocycles. The Bertz CT molecular complexity index is 592. The third kappa shape index (κ3) is 1.85. The number of aromatic amines is 1. The smallest absolute Gasteiger partial charge is 0.356 e. The van der Waals surface area contributed by atoms with E-state index in [1.165, 1.54) is 7.11 Å². The Hall–Kier alpha value is -2.01. The Morgan fingerprint density at radius 2 is 2.29 bits per heavy atom. The van der Waals surface area contributed by atoms with Gasteiger partial charge in [-0.3, -0.25) is 4.79 Å². The van der Waals surface area contributed by atoms with E-state index < -0.39 is 5.97 Å². The van der Waals surface area contributed by atoms with Crippen LogP contribution >= 0.6 is 11.6 Å². The highest BCUT2D eigenvalue weighted by molar-refractivity contribution is 6.37. The number of H-pyrrole nitrogens is 1. The lowest BCUT2D eigenvalue weighted by Gasteiger charge is -2.01. The predicted molar refractivity (Wildman–Crippen MR) is 64.3 cm³/mol. The third-order valence-corrected chi connectivity index (χ3v) is 2.68. The van der Waals surface area contributed by atoms with Crippen molar-refractivity contribution in [2.45, 2.75) is 0 Å². The molecule has 0 bridgehead atoms. The summed E-state index contributed by atoms with van der Waals surface area (Å²) in [6, 6.07) is 5.17. The van der Waals surface area contributed by atoms with E-state index in [9.17, 15) is 9.59 Å². The second-order valence-corrected chi connectivity index (χ2v) is 3.70. The van der Waals surface area contributed by atoms with E-state index >= 15 is 0 Å². The van der Waals surface area contributed by atoms with Crippen molar-refractivity contribution < 1.29 is 14.3 Å². The molecule has 0 spiro atoms. The van der Waals surface area contributed by atoms with Crippen LogP contribution in [0.15, 0.2) is 18.2 Å². The molecule has 2 rings (SSSR count). The van der Waals surface area contributed by atoms with Gasteiger partial charge in [-0.1, -0.05) is 17.7 Å². The predicted octanol–water partition coefficient (Wildman–Crippen LogP) is 2.18. The van der Waals surface area contributed by atoms with Gasteiger partial charge in [0.1, 0.15) is 5.69 Å². The van der Waals surface area contributed by atoms with Gasteiger partial charge < -0.3 is 15.0 Å². The van der Waals surface area contributed by atoms with E-state index in [-0.39, 0.29) is 5.69 Å². The van der Waals surface area contributed by atoms with E-state index in [4.69, 9.17) is 11.6 Å². The molecule has 88 valence electrons. The Morgan fingerprint density at radius 1 is 1.53 bits per heavy atom. The summed E-state index contributed by atoms with van der Waals surface area (Å²) in [5.41, 5.74) is 1.15. The number of carbonyl (C=O) groups is 2. The van der Waals surface area contributed by atoms with Gasteiger partial charge in [0.2, 0.25) is 6.41 Å². The van der Waals surface area contributed by atoms with Crippen LogP contribution in [0.2, 0.25) is 5.02 Å². The summed E-state index contributed by atoms with van der Waals surface area (Å²) in [7, 11) is 1.26. The molecule has 0 aliphatic heterocycles.